The van der Waals surface area contributed by atoms with Gasteiger partial charge in [0.05, 0.1) is 44.1 Å². The number of carbonyl (C=O) groups is 6. The maximum Gasteiger partial charge on any atom is 0.359 e. The van der Waals surface area contributed by atoms with Crippen LogP contribution in [0, 0.1) is 0 Å². The summed E-state index contributed by atoms with van der Waals surface area (Å²) in [7, 11) is 0. The number of ketones is 2. The molecule has 15 nitrogen and oxygen atoms in total. The highest BCUT2D eigenvalue weighted by Gasteiger charge is 2.27. The lowest BCUT2D eigenvalue weighted by Crippen LogP contribution is -2.23. The molecule has 49 heavy (non-hydrogen) atoms. The number of nitrogens with zero attached hydrogens (tertiary/aromatic N) is 4. The number of hydrogen-bond acceptors (Lipinski definition) is 13. The normalized spacial score (nSPS) is 16.1. The number of hydrogen-bond donors (Lipinski definition) is 2. The molecule has 0 saturated heterocycles. The highest BCUT2D eigenvalue weighted by atomic mass is 16.5. The van der Waals surface area contributed by atoms with Crippen LogP contribution in [0.2, 0.25) is 0 Å². The number of rotatable bonds is 12. The molecular formula is C34H36N6O9. The van der Waals surface area contributed by atoms with Crippen LogP contribution >= 0.6 is 0 Å². The quantitative estimate of drug-likeness (QED) is 0.228. The lowest BCUT2D eigenvalue weighted by Gasteiger charge is -2.16. The van der Waals surface area contributed by atoms with Crippen molar-refractivity contribution in [2.45, 2.75) is 59.3 Å². The molecular weight excluding hydrogens is 636 g/mol. The summed E-state index contributed by atoms with van der Waals surface area (Å²) in [5.74, 6) is -3.47. The van der Waals surface area contributed by atoms with Crippen molar-refractivity contribution in [3.63, 3.8) is 0 Å². The number of allylic oxidation sites excluding steroid dienone is 2. The van der Waals surface area contributed by atoms with Crippen molar-refractivity contribution in [1.29, 1.82) is 0 Å². The Balaban J connectivity index is 1.76. The Labute approximate surface area is 281 Å². The van der Waals surface area contributed by atoms with E-state index in [0.717, 1.165) is 0 Å². The summed E-state index contributed by atoms with van der Waals surface area (Å²) in [6, 6.07) is 7.73. The number of aliphatic imine (C=N–C) groups is 2. The molecule has 2 N–H and O–H groups in total. The molecule has 1 heterocycles. The molecule has 0 radical (unpaired) electrons. The van der Waals surface area contributed by atoms with Gasteiger partial charge >= 0.3 is 23.9 Å². The average Bonchev–Trinajstić information content (AvgIpc) is 3.05. The van der Waals surface area contributed by atoms with Crippen molar-refractivity contribution >= 4 is 70.1 Å². The molecule has 256 valence electrons. The Morgan fingerprint density at radius 2 is 1.27 bits per heavy atom. The Hall–Kier alpha value is -5.86. The highest BCUT2D eigenvalue weighted by Crippen LogP contribution is 2.32. The summed E-state index contributed by atoms with van der Waals surface area (Å²) in [4.78, 5) is 93.6. The van der Waals surface area contributed by atoms with E-state index < -0.39 is 41.2 Å². The largest absolute Gasteiger partial charge is 0.466 e. The van der Waals surface area contributed by atoms with Crippen LogP contribution in [0.5, 0.6) is 0 Å². The van der Waals surface area contributed by atoms with Crippen molar-refractivity contribution < 1.29 is 43.0 Å². The van der Waals surface area contributed by atoms with E-state index in [9.17, 15) is 28.8 Å². The number of para-hydroxylation sites is 1. The number of ether oxygens (including phenoxy) is 3. The van der Waals surface area contributed by atoms with Crippen LogP contribution in [-0.2, 0) is 33.4 Å². The molecule has 2 aliphatic carbocycles. The van der Waals surface area contributed by atoms with Crippen molar-refractivity contribution in [1.82, 2.24) is 9.97 Å². The van der Waals surface area contributed by atoms with E-state index in [-0.39, 0.29) is 74.4 Å². The van der Waals surface area contributed by atoms with E-state index in [1.165, 1.54) is 12.2 Å². The summed E-state index contributed by atoms with van der Waals surface area (Å²) in [6.07, 6.45) is 3.45. The lowest BCUT2D eigenvalue weighted by atomic mass is 9.94. The molecule has 0 atom stereocenters. The SMILES string of the molecule is CCOC(=O)CC1=CC(=O)C(=Nc2nc(N=C3CCC(CC(=O)OCC)=CC3=O)c(NC(=O)Nc3ccccc3)c(C(=O)OCC)n2)CC1. The van der Waals surface area contributed by atoms with Gasteiger partial charge in [0.15, 0.2) is 23.1 Å². The summed E-state index contributed by atoms with van der Waals surface area (Å²) < 4.78 is 15.1. The highest BCUT2D eigenvalue weighted by molar-refractivity contribution is 6.46. The summed E-state index contributed by atoms with van der Waals surface area (Å²) >= 11 is 0. The zero-order valence-corrected chi connectivity index (χ0v) is 27.4. The van der Waals surface area contributed by atoms with Crippen LogP contribution in [0.1, 0.15) is 69.8 Å². The first-order valence-electron chi connectivity index (χ1n) is 15.8. The topological polar surface area (TPSA) is 205 Å². The summed E-state index contributed by atoms with van der Waals surface area (Å²) in [5.41, 5.74) is 1.01. The van der Waals surface area contributed by atoms with E-state index in [1.807, 2.05) is 0 Å². The maximum absolute atomic E-state index is 13.2. The number of esters is 3. The van der Waals surface area contributed by atoms with Gasteiger partial charge in [0, 0.05) is 5.69 Å². The average molecular weight is 673 g/mol. The second kappa shape index (κ2) is 17.3. The lowest BCUT2D eigenvalue weighted by molar-refractivity contribution is -0.143. The van der Waals surface area contributed by atoms with Gasteiger partial charge in [0.25, 0.3) is 5.95 Å². The predicted octanol–water partition coefficient (Wildman–Crippen LogP) is 4.93. The monoisotopic (exact) mass is 672 g/mol. The molecule has 0 saturated carbocycles. The molecule has 4 rings (SSSR count). The van der Waals surface area contributed by atoms with Crippen molar-refractivity contribution in [2.24, 2.45) is 9.98 Å². The molecule has 1 aromatic carbocycles. The molecule has 1 aromatic heterocycles. The van der Waals surface area contributed by atoms with Gasteiger partial charge in [-0.15, -0.1) is 0 Å². The zero-order chi connectivity index (χ0) is 35.3. The predicted molar refractivity (Wildman–Crippen MR) is 178 cm³/mol. The number of anilines is 2. The maximum atomic E-state index is 13.2. The van der Waals surface area contributed by atoms with Crippen molar-refractivity contribution in [2.75, 3.05) is 30.5 Å². The number of urea groups is 1. The molecule has 2 amide bonds. The van der Waals surface area contributed by atoms with Crippen LogP contribution in [-0.4, -0.2) is 76.7 Å². The number of carbonyl (C=O) groups excluding carboxylic acids is 6. The second-order valence-corrected chi connectivity index (χ2v) is 10.7. The molecule has 15 heteroatoms. The fourth-order valence-electron chi connectivity index (χ4n) is 4.86. The fourth-order valence-corrected chi connectivity index (χ4v) is 4.86. The van der Waals surface area contributed by atoms with E-state index in [0.29, 0.717) is 29.7 Å². The smallest absolute Gasteiger partial charge is 0.359 e. The first kappa shape index (κ1) is 36.0. The first-order valence-corrected chi connectivity index (χ1v) is 15.8. The van der Waals surface area contributed by atoms with Gasteiger partial charge in [0.2, 0.25) is 0 Å². The van der Waals surface area contributed by atoms with Crippen molar-refractivity contribution in [3.05, 3.63) is 59.3 Å². The Morgan fingerprint density at radius 3 is 1.80 bits per heavy atom. The molecule has 0 spiro atoms. The summed E-state index contributed by atoms with van der Waals surface area (Å²) in [5, 5.41) is 5.19. The van der Waals surface area contributed by atoms with Gasteiger partial charge in [-0.05, 0) is 70.7 Å². The minimum atomic E-state index is -0.944. The third-order valence-corrected chi connectivity index (χ3v) is 7.05. The molecule has 0 fully saturated rings. The second-order valence-electron chi connectivity index (χ2n) is 10.7. The van der Waals surface area contributed by atoms with Crippen LogP contribution in [0.4, 0.5) is 27.9 Å². The molecule has 0 unspecified atom stereocenters. The Morgan fingerprint density at radius 1 is 0.714 bits per heavy atom. The first-order chi connectivity index (χ1) is 23.6. The molecule has 0 aliphatic heterocycles. The van der Waals surface area contributed by atoms with Crippen LogP contribution in [0.15, 0.2) is 63.6 Å². The minimum absolute atomic E-state index is 0.0338. The van der Waals surface area contributed by atoms with E-state index in [2.05, 4.69) is 30.6 Å². The number of aromatic nitrogens is 2. The number of benzene rings is 1. The minimum Gasteiger partial charge on any atom is -0.466 e. The van der Waals surface area contributed by atoms with E-state index in [4.69, 9.17) is 14.2 Å². The molecule has 2 aromatic rings. The van der Waals surface area contributed by atoms with Crippen molar-refractivity contribution in [3.8, 4) is 0 Å². The third kappa shape index (κ3) is 10.3. The molecule has 2 aliphatic rings. The Kier molecular flexibility index (Phi) is 12.7. The molecule has 0 bridgehead atoms. The standard InChI is InChI=1S/C34H36N6O9/c1-4-47-27(43)18-20-12-14-23(25(41)16-20)36-31-29(39-34(46)35-22-10-8-7-9-11-22)30(32(45)49-6-3)38-33(40-31)37-24-15-13-21(17-26(24)42)19-28(44)48-5-2/h7-11,16-17H,4-6,12-15,18-19H2,1-3H3,(H2,35,39,46). The van der Waals surface area contributed by atoms with Crippen LogP contribution in [0.25, 0.3) is 0 Å². The van der Waals surface area contributed by atoms with Gasteiger partial charge in [-0.1, -0.05) is 29.3 Å². The van der Waals surface area contributed by atoms with Gasteiger partial charge in [-0.25, -0.2) is 24.6 Å². The fraction of sp³-hybridized carbons (Fsp3) is 0.353. The van der Waals surface area contributed by atoms with Gasteiger partial charge in [0.1, 0.15) is 5.69 Å². The summed E-state index contributed by atoms with van der Waals surface area (Å²) in [6.45, 7) is 5.34. The van der Waals surface area contributed by atoms with Crippen LogP contribution < -0.4 is 10.6 Å². The third-order valence-electron chi connectivity index (χ3n) is 7.05. The van der Waals surface area contributed by atoms with Gasteiger partial charge in [-0.3, -0.25) is 19.2 Å². The Bertz CT molecular complexity index is 1760. The van der Waals surface area contributed by atoms with Crippen LogP contribution in [0.3, 0.4) is 0 Å². The number of nitrogens with one attached hydrogen (secondary N) is 2. The van der Waals surface area contributed by atoms with Gasteiger partial charge in [-0.2, -0.15) is 4.98 Å². The van der Waals surface area contributed by atoms with Gasteiger partial charge < -0.3 is 24.8 Å². The zero-order valence-electron chi connectivity index (χ0n) is 27.4. The number of amides is 2. The van der Waals surface area contributed by atoms with E-state index >= 15 is 0 Å². The van der Waals surface area contributed by atoms with E-state index in [1.54, 1.807) is 51.1 Å².